The lowest BCUT2D eigenvalue weighted by molar-refractivity contribution is 0.238. The van der Waals surface area contributed by atoms with Gasteiger partial charge in [-0.15, -0.1) is 0 Å². The Balaban J connectivity index is 1.20. The lowest BCUT2D eigenvalue weighted by atomic mass is 10.1. The van der Waals surface area contributed by atoms with Gasteiger partial charge in [-0.2, -0.15) is 0 Å². The van der Waals surface area contributed by atoms with Crippen LogP contribution in [0.2, 0.25) is 0 Å². The van der Waals surface area contributed by atoms with Gasteiger partial charge in [-0.05, 0) is 77.9 Å². The standard InChI is InChI=1S/C40H26O2/c41-39(37-24-18-33(19-25-37)16-14-31-8-3-1-4-9-31)28-22-35-12-7-13-36(30-35)23-29-40(42)38-26-20-34(21-27-38)17-15-32-10-5-2-6-11-32/h1-13,18-21,24-27,30,39-42H/t39-,40-/m1/s1. The molecular weight excluding hydrogens is 512 g/mol. The molecule has 0 heterocycles. The van der Waals surface area contributed by atoms with Crippen LogP contribution in [0.3, 0.4) is 0 Å². The van der Waals surface area contributed by atoms with Crippen molar-refractivity contribution in [1.29, 1.82) is 0 Å². The number of aliphatic hydroxyl groups is 2. The van der Waals surface area contributed by atoms with Crippen LogP contribution < -0.4 is 0 Å². The maximum atomic E-state index is 10.6. The highest BCUT2D eigenvalue weighted by atomic mass is 16.3. The van der Waals surface area contributed by atoms with Crippen molar-refractivity contribution in [3.63, 3.8) is 0 Å². The summed E-state index contributed by atoms with van der Waals surface area (Å²) in [6.45, 7) is 0. The van der Waals surface area contributed by atoms with Crippen molar-refractivity contribution in [3.8, 4) is 47.4 Å². The molecule has 0 saturated carbocycles. The molecule has 2 atom stereocenters. The Kier molecular flexibility index (Phi) is 9.31. The second kappa shape index (κ2) is 14.1. The van der Waals surface area contributed by atoms with Gasteiger partial charge >= 0.3 is 0 Å². The number of hydrogen-bond donors (Lipinski definition) is 2. The van der Waals surface area contributed by atoms with Gasteiger partial charge in [0.25, 0.3) is 0 Å². The van der Waals surface area contributed by atoms with E-state index in [9.17, 15) is 10.2 Å². The van der Waals surface area contributed by atoms with Crippen molar-refractivity contribution in [1.82, 2.24) is 0 Å². The summed E-state index contributed by atoms with van der Waals surface area (Å²) in [4.78, 5) is 0. The maximum Gasteiger partial charge on any atom is 0.140 e. The second-order valence-electron chi connectivity index (χ2n) is 9.40. The first-order chi connectivity index (χ1) is 20.6. The van der Waals surface area contributed by atoms with Gasteiger partial charge in [-0.3, -0.25) is 0 Å². The van der Waals surface area contributed by atoms with Crippen LogP contribution in [0.4, 0.5) is 0 Å². The molecule has 0 amide bonds. The molecular formula is C40H26O2. The van der Waals surface area contributed by atoms with E-state index >= 15 is 0 Å². The van der Waals surface area contributed by atoms with E-state index in [4.69, 9.17) is 0 Å². The molecule has 0 spiro atoms. The number of benzene rings is 5. The third-order valence-electron chi connectivity index (χ3n) is 6.27. The molecule has 0 bridgehead atoms. The van der Waals surface area contributed by atoms with Crippen molar-refractivity contribution in [2.75, 3.05) is 0 Å². The van der Waals surface area contributed by atoms with Crippen LogP contribution in [0.5, 0.6) is 0 Å². The number of rotatable bonds is 2. The quantitative estimate of drug-likeness (QED) is 0.247. The molecule has 2 heteroatoms. The van der Waals surface area contributed by atoms with E-state index in [0.717, 1.165) is 33.4 Å². The minimum absolute atomic E-state index is 0.698. The fourth-order valence-electron chi connectivity index (χ4n) is 3.97. The molecule has 5 rings (SSSR count). The zero-order valence-corrected chi connectivity index (χ0v) is 22.8. The first-order valence-electron chi connectivity index (χ1n) is 13.5. The van der Waals surface area contributed by atoms with Crippen LogP contribution in [0, 0.1) is 47.4 Å². The van der Waals surface area contributed by atoms with Crippen molar-refractivity contribution < 1.29 is 10.2 Å². The topological polar surface area (TPSA) is 40.5 Å². The Hall–Kier alpha value is -5.74. The van der Waals surface area contributed by atoms with Gasteiger partial charge in [0.2, 0.25) is 0 Å². The fourth-order valence-corrected chi connectivity index (χ4v) is 3.97. The van der Waals surface area contributed by atoms with E-state index < -0.39 is 12.2 Å². The molecule has 2 N–H and O–H groups in total. The van der Waals surface area contributed by atoms with Gasteiger partial charge in [-0.1, -0.05) is 114 Å². The van der Waals surface area contributed by atoms with E-state index in [-0.39, 0.29) is 0 Å². The molecule has 0 aromatic heterocycles. The van der Waals surface area contributed by atoms with Crippen molar-refractivity contribution in [2.24, 2.45) is 0 Å². The lowest BCUT2D eigenvalue weighted by Gasteiger charge is -2.04. The highest BCUT2D eigenvalue weighted by Gasteiger charge is 2.04. The molecule has 0 fully saturated rings. The third-order valence-corrected chi connectivity index (χ3v) is 6.27. The first-order valence-corrected chi connectivity index (χ1v) is 13.5. The summed E-state index contributed by atoms with van der Waals surface area (Å²) < 4.78 is 0. The Bertz CT molecular complexity index is 1750. The van der Waals surface area contributed by atoms with Crippen molar-refractivity contribution in [3.05, 3.63) is 178 Å². The molecule has 0 saturated heterocycles. The van der Waals surface area contributed by atoms with Gasteiger partial charge in [0.1, 0.15) is 12.2 Å². The minimum Gasteiger partial charge on any atom is -0.376 e. The van der Waals surface area contributed by atoms with E-state index in [1.54, 1.807) is 0 Å². The maximum absolute atomic E-state index is 10.6. The highest BCUT2D eigenvalue weighted by molar-refractivity contribution is 5.48. The summed E-state index contributed by atoms with van der Waals surface area (Å²) in [6, 6.07) is 41.9. The number of aliphatic hydroxyl groups excluding tert-OH is 2. The molecule has 5 aromatic carbocycles. The molecule has 198 valence electrons. The molecule has 0 aliphatic carbocycles. The van der Waals surface area contributed by atoms with Crippen LogP contribution in [0.1, 0.15) is 56.7 Å². The van der Waals surface area contributed by atoms with Crippen LogP contribution in [-0.4, -0.2) is 10.2 Å². The Morgan fingerprint density at radius 1 is 0.333 bits per heavy atom. The van der Waals surface area contributed by atoms with Crippen LogP contribution in [0.15, 0.2) is 133 Å². The summed E-state index contributed by atoms with van der Waals surface area (Å²) in [5.74, 6) is 24.4. The molecule has 2 nitrogen and oxygen atoms in total. The van der Waals surface area contributed by atoms with Crippen LogP contribution in [-0.2, 0) is 0 Å². The summed E-state index contributed by atoms with van der Waals surface area (Å²) in [5, 5.41) is 21.2. The van der Waals surface area contributed by atoms with E-state index in [0.29, 0.717) is 11.1 Å². The van der Waals surface area contributed by atoms with E-state index in [2.05, 4.69) is 47.4 Å². The molecule has 0 aliphatic heterocycles. The molecule has 42 heavy (non-hydrogen) atoms. The summed E-state index contributed by atoms with van der Waals surface area (Å²) in [7, 11) is 0. The molecule has 0 radical (unpaired) electrons. The summed E-state index contributed by atoms with van der Waals surface area (Å²) in [5.41, 5.74) is 6.48. The average molecular weight is 539 g/mol. The largest absolute Gasteiger partial charge is 0.376 e. The predicted octanol–water partition coefficient (Wildman–Crippen LogP) is 6.66. The van der Waals surface area contributed by atoms with E-state index in [1.165, 1.54) is 0 Å². The SMILES string of the molecule is O[C@H](C#Cc1cccc(C#C[C@@H](O)c2ccc(C#Cc3ccccc3)cc2)c1)c1ccc(C#Cc2ccccc2)cc1. The zero-order chi connectivity index (χ0) is 29.0. The van der Waals surface area contributed by atoms with Gasteiger partial charge in [0.15, 0.2) is 0 Å². The van der Waals surface area contributed by atoms with Crippen molar-refractivity contribution in [2.45, 2.75) is 12.2 Å². The van der Waals surface area contributed by atoms with Gasteiger partial charge in [0.05, 0.1) is 0 Å². The molecule has 5 aromatic rings. The van der Waals surface area contributed by atoms with Crippen molar-refractivity contribution >= 4 is 0 Å². The zero-order valence-electron chi connectivity index (χ0n) is 22.8. The number of hydrogen-bond acceptors (Lipinski definition) is 2. The summed E-state index contributed by atoms with van der Waals surface area (Å²) >= 11 is 0. The van der Waals surface area contributed by atoms with E-state index in [1.807, 2.05) is 133 Å². The lowest BCUT2D eigenvalue weighted by Crippen LogP contribution is -1.94. The molecule has 0 aliphatic rings. The second-order valence-corrected chi connectivity index (χ2v) is 9.40. The van der Waals surface area contributed by atoms with Gasteiger partial charge < -0.3 is 10.2 Å². The summed E-state index contributed by atoms with van der Waals surface area (Å²) in [6.07, 6.45) is -1.86. The minimum atomic E-state index is -0.932. The smallest absolute Gasteiger partial charge is 0.140 e. The Labute approximate surface area is 247 Å². The van der Waals surface area contributed by atoms with Gasteiger partial charge in [-0.25, -0.2) is 0 Å². The first kappa shape index (κ1) is 27.8. The Morgan fingerprint density at radius 3 is 1.05 bits per heavy atom. The average Bonchev–Trinajstić information content (AvgIpc) is 3.06. The normalized spacial score (nSPS) is 11.1. The third kappa shape index (κ3) is 8.13. The van der Waals surface area contributed by atoms with Gasteiger partial charge in [0, 0.05) is 33.4 Å². The highest BCUT2D eigenvalue weighted by Crippen LogP contribution is 2.15. The van der Waals surface area contributed by atoms with Crippen LogP contribution >= 0.6 is 0 Å². The Morgan fingerprint density at radius 2 is 0.667 bits per heavy atom. The molecule has 0 unspecified atom stereocenters. The monoisotopic (exact) mass is 538 g/mol. The fraction of sp³-hybridized carbons (Fsp3) is 0.0500. The van der Waals surface area contributed by atoms with Crippen LogP contribution in [0.25, 0.3) is 0 Å². The predicted molar refractivity (Wildman–Crippen MR) is 168 cm³/mol.